The molecule has 0 unspecified atom stereocenters. The normalized spacial score (nSPS) is 14.0. The van der Waals surface area contributed by atoms with Crippen LogP contribution in [0.15, 0.2) is 39.6 Å². The highest BCUT2D eigenvalue weighted by atomic mass is 35.6. The monoisotopic (exact) mass is 421 g/mol. The topological polar surface area (TPSA) is 82.0 Å². The lowest BCUT2D eigenvalue weighted by molar-refractivity contribution is 0.232. The molecule has 0 saturated heterocycles. The van der Waals surface area contributed by atoms with Crippen molar-refractivity contribution in [3.63, 3.8) is 0 Å². The van der Waals surface area contributed by atoms with E-state index in [4.69, 9.17) is 43.9 Å². The fourth-order valence-electron chi connectivity index (χ4n) is 1.52. The molecule has 0 heterocycles. The van der Waals surface area contributed by atoms with Crippen molar-refractivity contribution < 1.29 is 22.0 Å². The summed E-state index contributed by atoms with van der Waals surface area (Å²) < 4.78 is 48.6. The van der Waals surface area contributed by atoms with Crippen molar-refractivity contribution in [3.8, 4) is 0 Å². The maximum Gasteiger partial charge on any atom is 0.380 e. The van der Waals surface area contributed by atoms with E-state index in [1.54, 1.807) is 6.07 Å². The Balaban J connectivity index is 3.51. The Labute approximate surface area is 150 Å². The van der Waals surface area contributed by atoms with Crippen molar-refractivity contribution in [2.75, 3.05) is 13.2 Å². The van der Waals surface area contributed by atoms with Gasteiger partial charge in [-0.2, -0.15) is 12.8 Å². The summed E-state index contributed by atoms with van der Waals surface area (Å²) in [5, 5.41) is 0. The highest BCUT2D eigenvalue weighted by Gasteiger charge is 2.46. The van der Waals surface area contributed by atoms with Gasteiger partial charge in [0.1, 0.15) is 0 Å². The molecule has 1 rings (SSSR count). The van der Waals surface area contributed by atoms with Gasteiger partial charge >= 0.3 is 7.60 Å². The van der Waals surface area contributed by atoms with Crippen molar-refractivity contribution in [2.24, 2.45) is 4.40 Å². The first kappa shape index (κ1) is 20.9. The average molecular weight is 423 g/mol. The lowest BCUT2D eigenvalue weighted by Gasteiger charge is -2.22. The molecule has 0 N–H and O–H groups in total. The SMILES string of the molecule is CCOP(=O)(OCC)/C(=N\S(=O)(=O)c1ccccc1)C(Cl)(Cl)Cl. The van der Waals surface area contributed by atoms with Crippen LogP contribution in [0.3, 0.4) is 0 Å². The molecule has 0 saturated carbocycles. The molecule has 0 spiro atoms. The molecule has 0 aliphatic carbocycles. The van der Waals surface area contributed by atoms with Crippen molar-refractivity contribution in [3.05, 3.63) is 30.3 Å². The number of benzene rings is 1. The summed E-state index contributed by atoms with van der Waals surface area (Å²) in [7, 11) is -8.45. The van der Waals surface area contributed by atoms with E-state index >= 15 is 0 Å². The summed E-state index contributed by atoms with van der Waals surface area (Å²) in [6.07, 6.45) is 0. The molecule has 0 aromatic heterocycles. The van der Waals surface area contributed by atoms with Gasteiger partial charge in [0, 0.05) is 0 Å². The quantitative estimate of drug-likeness (QED) is 0.369. The zero-order valence-corrected chi connectivity index (χ0v) is 16.3. The van der Waals surface area contributed by atoms with Gasteiger partial charge in [-0.3, -0.25) is 4.57 Å². The summed E-state index contributed by atoms with van der Waals surface area (Å²) in [5.74, 6) is 0. The summed E-state index contributed by atoms with van der Waals surface area (Å²) >= 11 is 17.3. The fraction of sp³-hybridized carbons (Fsp3) is 0.417. The van der Waals surface area contributed by atoms with Gasteiger partial charge in [0.15, 0.2) is 5.45 Å². The van der Waals surface area contributed by atoms with Crippen molar-refractivity contribution >= 4 is 57.9 Å². The van der Waals surface area contributed by atoms with E-state index in [2.05, 4.69) is 4.40 Å². The molecule has 1 aromatic rings. The van der Waals surface area contributed by atoms with Crippen LogP contribution < -0.4 is 0 Å². The van der Waals surface area contributed by atoms with Crippen LogP contribution in [-0.4, -0.2) is 30.9 Å². The Hall–Kier alpha value is -0.140. The zero-order valence-electron chi connectivity index (χ0n) is 12.3. The van der Waals surface area contributed by atoms with Crippen LogP contribution in [0.1, 0.15) is 13.8 Å². The molecule has 0 aliphatic rings. The van der Waals surface area contributed by atoms with Crippen molar-refractivity contribution in [1.82, 2.24) is 0 Å². The molecule has 6 nitrogen and oxygen atoms in total. The molecule has 1 aromatic carbocycles. The Morgan fingerprint density at radius 1 is 1.13 bits per heavy atom. The fourth-order valence-corrected chi connectivity index (χ4v) is 5.73. The second-order valence-electron chi connectivity index (χ2n) is 4.03. The first-order valence-electron chi connectivity index (χ1n) is 6.43. The van der Waals surface area contributed by atoms with Gasteiger partial charge in [0.25, 0.3) is 10.0 Å². The van der Waals surface area contributed by atoms with E-state index in [1.807, 2.05) is 0 Å². The van der Waals surface area contributed by atoms with Crippen LogP contribution in [0.2, 0.25) is 0 Å². The van der Waals surface area contributed by atoms with Crippen molar-refractivity contribution in [1.29, 1.82) is 0 Å². The molecule has 0 aliphatic heterocycles. The van der Waals surface area contributed by atoms with Crippen molar-refractivity contribution in [2.45, 2.75) is 22.5 Å². The summed E-state index contributed by atoms with van der Waals surface area (Å²) in [6.45, 7) is 2.96. The number of halogens is 3. The van der Waals surface area contributed by atoms with Crippen LogP contribution in [0, 0.1) is 0 Å². The summed E-state index contributed by atoms with van der Waals surface area (Å²) in [4.78, 5) is -0.147. The number of alkyl halides is 3. The first-order chi connectivity index (χ1) is 10.6. The largest absolute Gasteiger partial charge is 0.380 e. The molecular formula is C12H15Cl3NO5PS. The molecule has 130 valence electrons. The lowest BCUT2D eigenvalue weighted by Crippen LogP contribution is -2.23. The van der Waals surface area contributed by atoms with Crippen LogP contribution in [-0.2, 0) is 23.6 Å². The third-order valence-electron chi connectivity index (χ3n) is 2.36. The maximum absolute atomic E-state index is 12.8. The van der Waals surface area contributed by atoms with Gasteiger partial charge in [-0.1, -0.05) is 53.0 Å². The van der Waals surface area contributed by atoms with Gasteiger partial charge in [0.2, 0.25) is 3.79 Å². The molecule has 23 heavy (non-hydrogen) atoms. The number of sulfonamides is 1. The molecular weight excluding hydrogens is 408 g/mol. The van der Waals surface area contributed by atoms with Gasteiger partial charge in [0.05, 0.1) is 18.1 Å². The Kier molecular flexibility index (Phi) is 7.54. The third-order valence-corrected chi connectivity index (χ3v) is 6.87. The van der Waals surface area contributed by atoms with Gasteiger partial charge in [-0.05, 0) is 26.0 Å². The number of hydrogen-bond donors (Lipinski definition) is 0. The summed E-state index contributed by atoms with van der Waals surface area (Å²) in [6, 6.07) is 7.25. The van der Waals surface area contributed by atoms with E-state index in [9.17, 15) is 13.0 Å². The smallest absolute Gasteiger partial charge is 0.305 e. The highest BCUT2D eigenvalue weighted by molar-refractivity contribution is 7.91. The Bertz CT molecular complexity index is 693. The Morgan fingerprint density at radius 2 is 1.61 bits per heavy atom. The lowest BCUT2D eigenvalue weighted by atomic mass is 10.4. The molecule has 0 fully saturated rings. The van der Waals surface area contributed by atoms with E-state index in [0.29, 0.717) is 0 Å². The van der Waals surface area contributed by atoms with Crippen LogP contribution in [0.5, 0.6) is 0 Å². The number of rotatable bonds is 7. The first-order valence-corrected chi connectivity index (χ1v) is 10.6. The standard InChI is InChI=1S/C12H15Cl3NO5PS/c1-3-20-22(17,21-4-2)11(12(13,14)15)16-23(18,19)10-8-6-5-7-9-10/h5-9H,3-4H2,1-2H3/b16-11-. The summed E-state index contributed by atoms with van der Waals surface area (Å²) in [5.41, 5.74) is -0.803. The maximum atomic E-state index is 12.8. The van der Waals surface area contributed by atoms with Crippen LogP contribution in [0.25, 0.3) is 0 Å². The molecule has 11 heteroatoms. The van der Waals surface area contributed by atoms with E-state index in [1.165, 1.54) is 38.1 Å². The number of hydrogen-bond acceptors (Lipinski definition) is 5. The van der Waals surface area contributed by atoms with E-state index in [-0.39, 0.29) is 18.1 Å². The van der Waals surface area contributed by atoms with Crippen LogP contribution in [0.4, 0.5) is 0 Å². The van der Waals surface area contributed by atoms with Gasteiger partial charge in [-0.15, -0.1) is 0 Å². The molecule has 0 atom stereocenters. The number of nitrogens with zero attached hydrogens (tertiary/aromatic N) is 1. The van der Waals surface area contributed by atoms with Gasteiger partial charge in [-0.25, -0.2) is 0 Å². The van der Waals surface area contributed by atoms with E-state index < -0.39 is 26.9 Å². The highest BCUT2D eigenvalue weighted by Crippen LogP contribution is 2.56. The molecule has 0 bridgehead atoms. The van der Waals surface area contributed by atoms with Crippen LogP contribution >= 0.6 is 42.4 Å². The van der Waals surface area contributed by atoms with E-state index in [0.717, 1.165) is 0 Å². The Morgan fingerprint density at radius 3 is 2.00 bits per heavy atom. The third kappa shape index (κ3) is 5.71. The predicted octanol–water partition coefficient (Wildman–Crippen LogP) is 4.41. The minimum atomic E-state index is -4.26. The minimum Gasteiger partial charge on any atom is -0.305 e. The molecule has 0 amide bonds. The average Bonchev–Trinajstić information content (AvgIpc) is 2.45. The van der Waals surface area contributed by atoms with Gasteiger partial charge < -0.3 is 9.05 Å². The second kappa shape index (κ2) is 8.30. The predicted molar refractivity (Wildman–Crippen MR) is 92.2 cm³/mol. The minimum absolute atomic E-state index is 0.0531. The second-order valence-corrected chi connectivity index (χ2v) is 9.85. The molecule has 0 radical (unpaired) electrons. The zero-order chi connectivity index (χ0) is 17.7.